The van der Waals surface area contributed by atoms with Crippen molar-refractivity contribution in [3.63, 3.8) is 0 Å². The van der Waals surface area contributed by atoms with Gasteiger partial charge in [0.1, 0.15) is 24.1 Å². The Bertz CT molecular complexity index is 1610. The zero-order valence-corrected chi connectivity index (χ0v) is 23.1. The molecule has 0 spiro atoms. The van der Waals surface area contributed by atoms with Gasteiger partial charge in [0.25, 0.3) is 11.8 Å². The lowest BCUT2D eigenvalue weighted by molar-refractivity contribution is -0.124. The van der Waals surface area contributed by atoms with Crippen molar-refractivity contribution in [3.8, 4) is 11.5 Å². The third-order valence-electron chi connectivity index (χ3n) is 6.95. The van der Waals surface area contributed by atoms with E-state index >= 15 is 0 Å². The molecule has 12 heteroatoms. The number of nitrogens with two attached hydrogens (primary N) is 2. The second-order valence-electron chi connectivity index (χ2n) is 10.1. The van der Waals surface area contributed by atoms with E-state index in [1.165, 1.54) is 4.90 Å². The SMILES string of the molecule is CCC(C)(C)NC(=O)C(c1c[nH]c2ccccc12)N(C(=O)c1snc(C(N)=O)c1N)c1ccc2c(c1)OCCO2. The van der Waals surface area contributed by atoms with Crippen LogP contribution in [0.2, 0.25) is 0 Å². The molecule has 2 aromatic carbocycles. The highest BCUT2D eigenvalue weighted by Gasteiger charge is 2.39. The van der Waals surface area contributed by atoms with Gasteiger partial charge < -0.3 is 31.2 Å². The Morgan fingerprint density at radius 2 is 1.88 bits per heavy atom. The standard InChI is InChI=1S/C28H30N6O5S/c1-4-28(2,3)32-26(36)23(17-14-31-18-8-6-5-7-16(17)18)34(15-9-10-19-20(13-15)39-12-11-38-19)27(37)24-21(29)22(25(30)35)33-40-24/h5-10,13-14,23,31H,4,11-12,29H2,1-3H3,(H2,30,35)(H,32,36). The number of para-hydroxylation sites is 1. The van der Waals surface area contributed by atoms with Crippen molar-refractivity contribution >= 4 is 51.5 Å². The third-order valence-corrected chi connectivity index (χ3v) is 7.80. The van der Waals surface area contributed by atoms with E-state index in [0.717, 1.165) is 22.4 Å². The third kappa shape index (κ3) is 4.93. The molecular formula is C28H30N6O5S. The van der Waals surface area contributed by atoms with E-state index < -0.39 is 29.3 Å². The van der Waals surface area contributed by atoms with E-state index in [1.807, 2.05) is 45.0 Å². The summed E-state index contributed by atoms with van der Waals surface area (Å²) in [6, 6.07) is 11.4. The molecule has 1 aliphatic heterocycles. The predicted octanol–water partition coefficient (Wildman–Crippen LogP) is 3.77. The molecule has 6 N–H and O–H groups in total. The van der Waals surface area contributed by atoms with Gasteiger partial charge in [-0.3, -0.25) is 19.3 Å². The van der Waals surface area contributed by atoms with Gasteiger partial charge in [-0.05, 0) is 50.0 Å². The van der Waals surface area contributed by atoms with Crippen LogP contribution < -0.4 is 31.2 Å². The maximum atomic E-state index is 14.4. The number of carbonyl (C=O) groups excluding carboxylic acids is 3. The molecule has 1 aliphatic rings. The van der Waals surface area contributed by atoms with Crippen molar-refractivity contribution in [2.75, 3.05) is 23.8 Å². The smallest absolute Gasteiger partial charge is 0.273 e. The number of nitrogens with zero attached hydrogens (tertiary/aromatic N) is 2. The van der Waals surface area contributed by atoms with E-state index in [1.54, 1.807) is 24.4 Å². The van der Waals surface area contributed by atoms with Crippen LogP contribution in [0.15, 0.2) is 48.7 Å². The molecule has 0 radical (unpaired) electrons. The summed E-state index contributed by atoms with van der Waals surface area (Å²) in [5.41, 5.74) is 12.4. The molecule has 0 saturated heterocycles. The number of anilines is 2. The van der Waals surface area contributed by atoms with Gasteiger partial charge in [0.15, 0.2) is 17.2 Å². The van der Waals surface area contributed by atoms with E-state index in [0.29, 0.717) is 42.4 Å². The number of fused-ring (bicyclic) bond motifs is 2. The van der Waals surface area contributed by atoms with Crippen LogP contribution in [-0.4, -0.2) is 45.8 Å². The zero-order valence-electron chi connectivity index (χ0n) is 22.3. The fourth-order valence-electron chi connectivity index (χ4n) is 4.51. The van der Waals surface area contributed by atoms with Crippen molar-refractivity contribution in [1.29, 1.82) is 0 Å². The van der Waals surface area contributed by atoms with Gasteiger partial charge in [-0.25, -0.2) is 0 Å². The molecule has 1 atom stereocenters. The van der Waals surface area contributed by atoms with E-state index in [9.17, 15) is 14.4 Å². The summed E-state index contributed by atoms with van der Waals surface area (Å²) in [7, 11) is 0. The summed E-state index contributed by atoms with van der Waals surface area (Å²) in [5.74, 6) is -0.925. The molecule has 11 nitrogen and oxygen atoms in total. The quantitative estimate of drug-likeness (QED) is 0.254. The first kappa shape index (κ1) is 27.0. The normalized spacial score (nSPS) is 13.6. The molecule has 1 unspecified atom stereocenters. The zero-order chi connectivity index (χ0) is 28.6. The highest BCUT2D eigenvalue weighted by atomic mass is 32.1. The number of carbonyl (C=O) groups is 3. The number of hydrogen-bond acceptors (Lipinski definition) is 8. The Labute approximate surface area is 234 Å². The van der Waals surface area contributed by atoms with Crippen molar-refractivity contribution in [2.45, 2.75) is 38.8 Å². The minimum Gasteiger partial charge on any atom is -0.486 e. The molecule has 208 valence electrons. The van der Waals surface area contributed by atoms with Crippen LogP contribution >= 0.6 is 11.5 Å². The largest absolute Gasteiger partial charge is 0.486 e. The first-order valence-corrected chi connectivity index (χ1v) is 13.5. The van der Waals surface area contributed by atoms with Crippen LogP contribution in [0.25, 0.3) is 10.9 Å². The van der Waals surface area contributed by atoms with Gasteiger partial charge in [-0.15, -0.1) is 0 Å². The van der Waals surface area contributed by atoms with Gasteiger partial charge >= 0.3 is 0 Å². The van der Waals surface area contributed by atoms with Gasteiger partial charge in [0.05, 0.1) is 5.69 Å². The van der Waals surface area contributed by atoms with Crippen LogP contribution in [0.4, 0.5) is 11.4 Å². The number of hydrogen-bond donors (Lipinski definition) is 4. The van der Waals surface area contributed by atoms with Crippen molar-refractivity contribution in [2.24, 2.45) is 5.73 Å². The molecule has 40 heavy (non-hydrogen) atoms. The summed E-state index contributed by atoms with van der Waals surface area (Å²) < 4.78 is 15.5. The minimum atomic E-state index is -1.14. The predicted molar refractivity (Wildman–Crippen MR) is 153 cm³/mol. The maximum Gasteiger partial charge on any atom is 0.273 e. The molecule has 5 rings (SSSR count). The number of aromatic nitrogens is 2. The number of primary amides is 1. The van der Waals surface area contributed by atoms with E-state index in [2.05, 4.69) is 14.7 Å². The van der Waals surface area contributed by atoms with Gasteiger partial charge in [0, 0.05) is 40.0 Å². The highest BCUT2D eigenvalue weighted by molar-refractivity contribution is 7.09. The number of ether oxygens (including phenoxy) is 2. The molecule has 0 fully saturated rings. The number of aromatic amines is 1. The Hall–Kier alpha value is -4.58. The molecular weight excluding hydrogens is 532 g/mol. The van der Waals surface area contributed by atoms with Crippen molar-refractivity contribution < 1.29 is 23.9 Å². The van der Waals surface area contributed by atoms with Crippen LogP contribution in [-0.2, 0) is 4.79 Å². The lowest BCUT2D eigenvalue weighted by atomic mass is 9.97. The summed E-state index contributed by atoms with van der Waals surface area (Å²) in [6.07, 6.45) is 2.37. The van der Waals surface area contributed by atoms with Gasteiger partial charge in [-0.1, -0.05) is 25.1 Å². The summed E-state index contributed by atoms with van der Waals surface area (Å²) in [5, 5.41) is 3.86. The second-order valence-corrected chi connectivity index (χ2v) is 10.8. The second kappa shape index (κ2) is 10.5. The fourth-order valence-corrected chi connectivity index (χ4v) is 5.25. The summed E-state index contributed by atoms with van der Waals surface area (Å²) in [6.45, 7) is 6.52. The highest BCUT2D eigenvalue weighted by Crippen LogP contribution is 2.40. The number of amides is 3. The summed E-state index contributed by atoms with van der Waals surface area (Å²) >= 11 is 0.750. The van der Waals surface area contributed by atoms with Crippen LogP contribution in [0.3, 0.4) is 0 Å². The molecule has 2 aromatic heterocycles. The topological polar surface area (TPSA) is 166 Å². The Morgan fingerprint density at radius 1 is 1.15 bits per heavy atom. The van der Waals surface area contributed by atoms with Crippen LogP contribution in [0.1, 0.15) is 59.0 Å². The van der Waals surface area contributed by atoms with Crippen molar-refractivity contribution in [1.82, 2.24) is 14.7 Å². The lowest BCUT2D eigenvalue weighted by Crippen LogP contribution is -2.50. The molecule has 0 aliphatic carbocycles. The van der Waals surface area contributed by atoms with E-state index in [-0.39, 0.29) is 16.3 Å². The fraction of sp³-hybridized carbons (Fsp3) is 0.286. The van der Waals surface area contributed by atoms with Gasteiger partial charge in [0.2, 0.25) is 5.91 Å². The first-order chi connectivity index (χ1) is 19.1. The minimum absolute atomic E-state index is 0.0175. The Morgan fingerprint density at radius 3 is 2.58 bits per heavy atom. The van der Waals surface area contributed by atoms with Crippen LogP contribution in [0.5, 0.6) is 11.5 Å². The molecule has 0 saturated carbocycles. The monoisotopic (exact) mass is 562 g/mol. The van der Waals surface area contributed by atoms with Gasteiger partial charge in [-0.2, -0.15) is 4.37 Å². The molecule has 3 amide bonds. The van der Waals surface area contributed by atoms with Crippen LogP contribution in [0, 0.1) is 0 Å². The molecule has 0 bridgehead atoms. The average molecular weight is 563 g/mol. The summed E-state index contributed by atoms with van der Waals surface area (Å²) in [4.78, 5) is 45.0. The van der Waals surface area contributed by atoms with E-state index in [4.69, 9.17) is 20.9 Å². The number of rotatable bonds is 8. The van der Waals surface area contributed by atoms with Crippen molar-refractivity contribution in [3.05, 3.63) is 64.8 Å². The number of nitrogen functional groups attached to an aromatic ring is 1. The number of benzene rings is 2. The average Bonchev–Trinajstić information content (AvgIpc) is 3.54. The lowest BCUT2D eigenvalue weighted by Gasteiger charge is -2.34. The Balaban J connectivity index is 1.73. The number of H-pyrrole nitrogens is 1. The maximum absolute atomic E-state index is 14.4. The Kier molecular flexibility index (Phi) is 7.11. The number of nitrogens with one attached hydrogen (secondary N) is 2. The molecule has 4 aromatic rings. The molecule has 3 heterocycles. The first-order valence-electron chi connectivity index (χ1n) is 12.8.